The molecule has 0 amide bonds. The van der Waals surface area contributed by atoms with E-state index < -0.39 is 42.7 Å². The van der Waals surface area contributed by atoms with E-state index in [2.05, 4.69) is 88.9 Å². The molecule has 0 spiro atoms. The molecule has 9 unspecified atom stereocenters. The number of nitrogens with zero attached hydrogens (tertiary/aromatic N) is 1. The van der Waals surface area contributed by atoms with Crippen LogP contribution in [0.2, 0.25) is 23.7 Å². The highest BCUT2D eigenvalue weighted by Gasteiger charge is 2.63. The lowest BCUT2D eigenvalue weighted by Crippen LogP contribution is -2.47. The Morgan fingerprint density at radius 3 is 2.10 bits per heavy atom. The number of halogens is 5. The molecule has 1 heterocycles. The zero-order chi connectivity index (χ0) is 36.2. The molecule has 0 aromatic heterocycles. The van der Waals surface area contributed by atoms with Crippen LogP contribution >= 0.6 is 0 Å². The number of hydrogen-bond acceptors (Lipinski definition) is 2. The summed E-state index contributed by atoms with van der Waals surface area (Å²) in [5, 5.41) is 0. The highest BCUT2D eigenvalue weighted by atomic mass is 28.3. The van der Waals surface area contributed by atoms with E-state index in [1.165, 1.54) is 18.9 Å². The Labute approximate surface area is 301 Å². The van der Waals surface area contributed by atoms with Crippen LogP contribution in [0.15, 0.2) is 66.8 Å². The number of anilines is 1. The highest BCUT2D eigenvalue weighted by Crippen LogP contribution is 2.68. The average Bonchev–Trinajstić information content (AvgIpc) is 3.78. The van der Waals surface area contributed by atoms with Gasteiger partial charge >= 0.3 is 0 Å². The van der Waals surface area contributed by atoms with E-state index in [4.69, 9.17) is 4.74 Å². The first-order valence-corrected chi connectivity index (χ1v) is 21.9. The second-order valence-corrected chi connectivity index (χ2v) is 22.0. The molecule has 2 fully saturated rings. The van der Waals surface area contributed by atoms with Gasteiger partial charge in [-0.1, -0.05) is 105 Å². The number of aryl methyl sites for hydroxylation is 1. The third kappa shape index (κ3) is 6.51. The minimum atomic E-state index is -2.18. The van der Waals surface area contributed by atoms with Gasteiger partial charge in [0, 0.05) is 42.3 Å². The maximum absolute atomic E-state index is 15.3. The van der Waals surface area contributed by atoms with Gasteiger partial charge in [0.1, 0.15) is 0 Å². The topological polar surface area (TPSA) is 12.5 Å². The van der Waals surface area contributed by atoms with Crippen molar-refractivity contribution in [3.05, 3.63) is 113 Å². The predicted molar refractivity (Wildman–Crippen MR) is 198 cm³/mol. The van der Waals surface area contributed by atoms with Gasteiger partial charge in [-0.05, 0) is 81.0 Å². The molecule has 2 nitrogen and oxygen atoms in total. The van der Waals surface area contributed by atoms with Crippen molar-refractivity contribution in [3.8, 4) is 0 Å². The van der Waals surface area contributed by atoms with Crippen molar-refractivity contribution in [1.29, 1.82) is 0 Å². The molecule has 51 heavy (non-hydrogen) atoms. The molecular formula is C43H52F5NOSi. The standard InChI is InChI=1S/C43H52F5NOSi/c1-26-18-20-33-31(24-26)35-41(49(33)25-32-36(44)38(46)40(48)39(47)37(32)45)29-16-10-11-17-30(29)42(35)51(5,23-13-7-6-12-22-50-43(2,3)4)34-21-19-27-14-8-9-15-28(27)34/h8-11,14-18,20,24,27-30,34-35,41-42H,6-7,12-13,19,21-23,25H2,1-5H3. The monoisotopic (exact) mass is 721 g/mol. The van der Waals surface area contributed by atoms with Gasteiger partial charge in [0.15, 0.2) is 23.3 Å². The largest absolute Gasteiger partial charge is 0.376 e. The van der Waals surface area contributed by atoms with Gasteiger partial charge < -0.3 is 9.64 Å². The smallest absolute Gasteiger partial charge is 0.200 e. The summed E-state index contributed by atoms with van der Waals surface area (Å²) in [5.41, 5.74) is 3.17. The van der Waals surface area contributed by atoms with Crippen LogP contribution in [0.25, 0.3) is 0 Å². The minimum absolute atomic E-state index is 0.0549. The van der Waals surface area contributed by atoms with Crippen LogP contribution in [0.1, 0.15) is 81.9 Å². The molecule has 0 bridgehead atoms. The van der Waals surface area contributed by atoms with Gasteiger partial charge in [-0.3, -0.25) is 0 Å². The molecule has 2 aromatic carbocycles. The number of ether oxygens (including phenoxy) is 1. The zero-order valence-electron chi connectivity index (χ0n) is 30.6. The number of hydrogen-bond donors (Lipinski definition) is 0. The third-order valence-electron chi connectivity index (χ3n) is 13.0. The lowest BCUT2D eigenvalue weighted by atomic mass is 9.89. The summed E-state index contributed by atoms with van der Waals surface area (Å²) in [4.78, 5) is 1.99. The van der Waals surface area contributed by atoms with E-state index in [-0.39, 0.29) is 35.9 Å². The fraction of sp³-hybridized carbons (Fsp3) is 0.535. The van der Waals surface area contributed by atoms with Gasteiger partial charge in [-0.25, -0.2) is 22.0 Å². The molecule has 9 atom stereocenters. The predicted octanol–water partition coefficient (Wildman–Crippen LogP) is 11.9. The number of fused-ring (bicyclic) bond motifs is 6. The molecule has 2 aromatic rings. The lowest BCUT2D eigenvalue weighted by molar-refractivity contribution is -0.00471. The van der Waals surface area contributed by atoms with Crippen molar-refractivity contribution in [1.82, 2.24) is 0 Å². The molecule has 4 aliphatic carbocycles. The molecule has 8 heteroatoms. The van der Waals surface area contributed by atoms with E-state index in [1.54, 1.807) is 0 Å². The Morgan fingerprint density at radius 1 is 0.765 bits per heavy atom. The van der Waals surface area contributed by atoms with Crippen LogP contribution in [0, 0.1) is 59.7 Å². The summed E-state index contributed by atoms with van der Waals surface area (Å²) < 4.78 is 79.9. The minimum Gasteiger partial charge on any atom is -0.376 e. The van der Waals surface area contributed by atoms with E-state index in [1.807, 2.05) is 17.0 Å². The van der Waals surface area contributed by atoms with E-state index >= 15 is 8.78 Å². The van der Waals surface area contributed by atoms with Gasteiger partial charge in [-0.15, -0.1) is 0 Å². The summed E-state index contributed by atoms with van der Waals surface area (Å²) >= 11 is 0. The van der Waals surface area contributed by atoms with Gasteiger partial charge in [0.25, 0.3) is 0 Å². The Balaban J connectivity index is 1.28. The molecule has 7 rings (SSSR count). The maximum Gasteiger partial charge on any atom is 0.200 e. The molecule has 274 valence electrons. The highest BCUT2D eigenvalue weighted by molar-refractivity contribution is 6.82. The second-order valence-electron chi connectivity index (χ2n) is 17.0. The van der Waals surface area contributed by atoms with Crippen molar-refractivity contribution >= 4 is 13.8 Å². The maximum atomic E-state index is 15.3. The number of rotatable bonds is 11. The summed E-state index contributed by atoms with van der Waals surface area (Å²) in [6.45, 7) is 11.4. The molecule has 0 saturated heterocycles. The third-order valence-corrected chi connectivity index (χ3v) is 19.0. The molecule has 5 aliphatic rings. The molecular weight excluding hydrogens is 670 g/mol. The summed E-state index contributed by atoms with van der Waals surface area (Å²) in [6.07, 6.45) is 25.0. The fourth-order valence-electron chi connectivity index (χ4n) is 10.8. The number of allylic oxidation sites excluding steroid dienone is 7. The fourth-order valence-corrected chi connectivity index (χ4v) is 17.5. The first-order chi connectivity index (χ1) is 24.3. The zero-order valence-corrected chi connectivity index (χ0v) is 31.6. The molecule has 1 aliphatic heterocycles. The van der Waals surface area contributed by atoms with E-state index in [0.717, 1.165) is 49.1 Å². The van der Waals surface area contributed by atoms with Gasteiger partial charge in [-0.2, -0.15) is 0 Å². The first-order valence-electron chi connectivity index (χ1n) is 19.0. The van der Waals surface area contributed by atoms with Crippen LogP contribution in [-0.2, 0) is 11.3 Å². The Kier molecular flexibility index (Phi) is 10.1. The Bertz CT molecular complexity index is 1730. The van der Waals surface area contributed by atoms with Gasteiger partial charge in [0.05, 0.1) is 13.7 Å². The van der Waals surface area contributed by atoms with Crippen molar-refractivity contribution in [2.45, 2.75) is 114 Å². The lowest BCUT2D eigenvalue weighted by Gasteiger charge is -2.47. The summed E-state index contributed by atoms with van der Waals surface area (Å²) in [7, 11) is -2.18. The Morgan fingerprint density at radius 2 is 1.39 bits per heavy atom. The van der Waals surface area contributed by atoms with E-state index in [0.29, 0.717) is 22.9 Å². The normalized spacial score (nSPS) is 30.0. The second kappa shape index (κ2) is 14.1. The first kappa shape index (κ1) is 36.4. The van der Waals surface area contributed by atoms with Crippen LogP contribution < -0.4 is 4.90 Å². The van der Waals surface area contributed by atoms with Crippen molar-refractivity contribution in [2.24, 2.45) is 23.7 Å². The number of unbranched alkanes of at least 4 members (excludes halogenated alkanes) is 3. The van der Waals surface area contributed by atoms with Crippen LogP contribution in [0.3, 0.4) is 0 Å². The van der Waals surface area contributed by atoms with Gasteiger partial charge in [0.2, 0.25) is 5.82 Å². The summed E-state index contributed by atoms with van der Waals surface area (Å²) in [5.74, 6) is -7.93. The molecule has 0 N–H and O–H groups in total. The van der Waals surface area contributed by atoms with Crippen molar-refractivity contribution in [3.63, 3.8) is 0 Å². The Hall–Kier alpha value is -2.97. The average molecular weight is 722 g/mol. The summed E-state index contributed by atoms with van der Waals surface area (Å²) in [6, 6.07) is 7.27. The number of benzene rings is 2. The quantitative estimate of drug-likeness (QED) is 0.0753. The SMILES string of the molecule is Cc1ccc2c(c1)C1C(C3C=CC=CC3C1[Si](C)(CCCCCCOC(C)(C)C)C1CCC3C=CC=CC31)N2Cc1c(F)c(F)c(F)c(F)c1F. The van der Waals surface area contributed by atoms with Crippen LogP contribution in [-0.4, -0.2) is 26.3 Å². The van der Waals surface area contributed by atoms with Crippen LogP contribution in [0.4, 0.5) is 27.6 Å². The molecule has 0 radical (unpaired) electrons. The van der Waals surface area contributed by atoms with Crippen molar-refractivity contribution in [2.75, 3.05) is 11.5 Å². The van der Waals surface area contributed by atoms with Crippen LogP contribution in [0.5, 0.6) is 0 Å². The molecule has 2 saturated carbocycles. The van der Waals surface area contributed by atoms with E-state index in [9.17, 15) is 13.2 Å². The van der Waals surface area contributed by atoms with Crippen molar-refractivity contribution < 1.29 is 26.7 Å².